The zero-order valence-electron chi connectivity index (χ0n) is 15.5. The molecule has 1 aliphatic rings. The first kappa shape index (κ1) is 17.8. The Morgan fingerprint density at radius 3 is 3.00 bits per heavy atom. The molecule has 0 spiro atoms. The van der Waals surface area contributed by atoms with Gasteiger partial charge in [-0.1, -0.05) is 6.07 Å². The second-order valence-corrected chi connectivity index (χ2v) is 9.55. The van der Waals surface area contributed by atoms with Crippen LogP contribution in [0.2, 0.25) is 0 Å². The van der Waals surface area contributed by atoms with E-state index in [0.717, 1.165) is 36.3 Å². The Bertz CT molecular complexity index is 1360. The molecule has 3 aromatic heterocycles. The molecule has 0 amide bonds. The van der Waals surface area contributed by atoms with Gasteiger partial charge in [-0.05, 0) is 49.4 Å². The van der Waals surface area contributed by atoms with Crippen molar-refractivity contribution in [1.82, 2.24) is 24.6 Å². The number of benzene rings is 1. The van der Waals surface area contributed by atoms with E-state index in [2.05, 4.69) is 20.2 Å². The minimum absolute atomic E-state index is 0.0478. The first-order valence-corrected chi connectivity index (χ1v) is 11.1. The summed E-state index contributed by atoms with van der Waals surface area (Å²) in [6, 6.07) is 10.2. The summed E-state index contributed by atoms with van der Waals surface area (Å²) in [4.78, 5) is 7.65. The summed E-state index contributed by atoms with van der Waals surface area (Å²) in [6.45, 7) is 0. The molecule has 3 heterocycles. The maximum Gasteiger partial charge on any atom is 0.179 e. The van der Waals surface area contributed by atoms with Crippen molar-refractivity contribution in [3.63, 3.8) is 0 Å². The molecule has 9 heteroatoms. The SMILES string of the molecule is N#Cc1cccc(S(=O)(=O)C[C@H]2CC[C@@H](c3nnc4cnc5[nH]ccc5n34)C2)c1. The molecule has 0 aliphatic heterocycles. The number of hydrogen-bond acceptors (Lipinski definition) is 6. The van der Waals surface area contributed by atoms with E-state index >= 15 is 0 Å². The second kappa shape index (κ2) is 6.67. The van der Waals surface area contributed by atoms with Crippen molar-refractivity contribution in [2.75, 3.05) is 5.75 Å². The fraction of sp³-hybridized carbons (Fsp3) is 0.300. The third kappa shape index (κ3) is 3.06. The number of nitrogens with zero attached hydrogens (tertiary/aromatic N) is 5. The summed E-state index contributed by atoms with van der Waals surface area (Å²) >= 11 is 0. The number of nitrogens with one attached hydrogen (secondary N) is 1. The number of nitriles is 1. The highest BCUT2D eigenvalue weighted by Gasteiger charge is 2.33. The van der Waals surface area contributed by atoms with Crippen molar-refractivity contribution >= 4 is 26.6 Å². The molecule has 4 aromatic rings. The maximum atomic E-state index is 12.8. The molecule has 1 aromatic carbocycles. The van der Waals surface area contributed by atoms with Crippen LogP contribution >= 0.6 is 0 Å². The van der Waals surface area contributed by atoms with Gasteiger partial charge in [0.05, 0.1) is 34.0 Å². The van der Waals surface area contributed by atoms with E-state index in [1.54, 1.807) is 24.4 Å². The summed E-state index contributed by atoms with van der Waals surface area (Å²) in [7, 11) is -3.45. The zero-order chi connectivity index (χ0) is 20.0. The van der Waals surface area contributed by atoms with Gasteiger partial charge in [-0.25, -0.2) is 13.4 Å². The largest absolute Gasteiger partial charge is 0.345 e. The van der Waals surface area contributed by atoms with Gasteiger partial charge in [0.1, 0.15) is 5.82 Å². The predicted molar refractivity (Wildman–Crippen MR) is 106 cm³/mol. The standard InChI is InChI=1S/C20H18N6O2S/c21-10-13-2-1-3-16(9-13)29(27,28)12-14-4-5-15(8-14)20-25-24-18-11-23-19-17(26(18)20)6-7-22-19/h1-3,6-7,9,11,14-15,22H,4-5,8,12H2/t14-,15+/m0/s1. The van der Waals surface area contributed by atoms with Crippen LogP contribution in [0.5, 0.6) is 0 Å². The maximum absolute atomic E-state index is 12.8. The van der Waals surface area contributed by atoms with Gasteiger partial charge in [-0.3, -0.25) is 4.40 Å². The Kier molecular flexibility index (Phi) is 4.10. The van der Waals surface area contributed by atoms with Crippen LogP contribution in [-0.4, -0.2) is 38.7 Å². The van der Waals surface area contributed by atoms with Gasteiger partial charge in [0.2, 0.25) is 0 Å². The van der Waals surface area contributed by atoms with Gasteiger partial charge in [0.15, 0.2) is 21.1 Å². The van der Waals surface area contributed by atoms with E-state index in [0.29, 0.717) is 11.2 Å². The minimum Gasteiger partial charge on any atom is -0.345 e. The fourth-order valence-electron chi connectivity index (χ4n) is 4.29. The number of H-pyrrole nitrogens is 1. The highest BCUT2D eigenvalue weighted by atomic mass is 32.2. The Hall–Kier alpha value is -3.25. The Morgan fingerprint density at radius 1 is 1.24 bits per heavy atom. The monoisotopic (exact) mass is 406 g/mol. The zero-order valence-corrected chi connectivity index (χ0v) is 16.3. The van der Waals surface area contributed by atoms with Crippen LogP contribution in [0.25, 0.3) is 16.8 Å². The Labute approximate surface area is 167 Å². The van der Waals surface area contributed by atoms with Gasteiger partial charge < -0.3 is 4.98 Å². The highest BCUT2D eigenvalue weighted by molar-refractivity contribution is 7.91. The van der Waals surface area contributed by atoms with E-state index in [9.17, 15) is 8.42 Å². The molecule has 146 valence electrons. The van der Waals surface area contributed by atoms with E-state index < -0.39 is 9.84 Å². The van der Waals surface area contributed by atoms with Gasteiger partial charge in [-0.15, -0.1) is 10.2 Å². The lowest BCUT2D eigenvalue weighted by Crippen LogP contribution is -2.15. The first-order valence-electron chi connectivity index (χ1n) is 9.45. The first-order chi connectivity index (χ1) is 14.0. The normalized spacial score (nSPS) is 19.7. The number of aromatic amines is 1. The molecule has 0 bridgehead atoms. The summed E-state index contributed by atoms with van der Waals surface area (Å²) in [5.41, 5.74) is 2.74. The van der Waals surface area contributed by atoms with Crippen molar-refractivity contribution in [3.05, 3.63) is 54.1 Å². The molecule has 8 nitrogen and oxygen atoms in total. The van der Waals surface area contributed by atoms with Crippen molar-refractivity contribution in [2.24, 2.45) is 5.92 Å². The van der Waals surface area contributed by atoms with Crippen molar-refractivity contribution < 1.29 is 8.42 Å². The van der Waals surface area contributed by atoms with Gasteiger partial charge in [0, 0.05) is 12.1 Å². The molecule has 1 saturated carbocycles. The average Bonchev–Trinajstić information content (AvgIpc) is 3.45. The molecule has 1 N–H and O–H groups in total. The average molecular weight is 406 g/mol. The van der Waals surface area contributed by atoms with Crippen LogP contribution in [0.3, 0.4) is 0 Å². The lowest BCUT2D eigenvalue weighted by atomic mass is 10.1. The van der Waals surface area contributed by atoms with Crippen LogP contribution < -0.4 is 0 Å². The molecule has 1 aliphatic carbocycles. The van der Waals surface area contributed by atoms with E-state index in [1.165, 1.54) is 6.07 Å². The van der Waals surface area contributed by atoms with E-state index in [-0.39, 0.29) is 22.5 Å². The van der Waals surface area contributed by atoms with Crippen LogP contribution in [0.1, 0.15) is 36.6 Å². The second-order valence-electron chi connectivity index (χ2n) is 7.52. The fourth-order valence-corrected chi connectivity index (χ4v) is 6.00. The van der Waals surface area contributed by atoms with E-state index in [1.807, 2.05) is 22.7 Å². The Morgan fingerprint density at radius 2 is 2.14 bits per heavy atom. The summed E-state index contributed by atoms with van der Waals surface area (Å²) < 4.78 is 27.7. The van der Waals surface area contributed by atoms with Crippen LogP contribution in [0.15, 0.2) is 47.6 Å². The summed E-state index contributed by atoms with van der Waals surface area (Å²) in [6.07, 6.45) is 5.95. The third-order valence-electron chi connectivity index (χ3n) is 5.65. The van der Waals surface area contributed by atoms with Gasteiger partial charge in [-0.2, -0.15) is 5.26 Å². The van der Waals surface area contributed by atoms with Crippen molar-refractivity contribution in [3.8, 4) is 6.07 Å². The lowest BCUT2D eigenvalue weighted by molar-refractivity contribution is 0.549. The molecule has 5 rings (SSSR count). The van der Waals surface area contributed by atoms with Crippen molar-refractivity contribution in [2.45, 2.75) is 30.1 Å². The number of rotatable bonds is 4. The van der Waals surface area contributed by atoms with Crippen LogP contribution in [-0.2, 0) is 9.84 Å². The number of aromatic nitrogens is 5. The quantitative estimate of drug-likeness (QED) is 0.557. The van der Waals surface area contributed by atoms with Crippen molar-refractivity contribution in [1.29, 1.82) is 5.26 Å². The predicted octanol–water partition coefficient (Wildman–Crippen LogP) is 2.83. The molecule has 0 saturated heterocycles. The van der Waals surface area contributed by atoms with Crippen LogP contribution in [0, 0.1) is 17.2 Å². The third-order valence-corrected chi connectivity index (χ3v) is 7.53. The molecule has 2 atom stereocenters. The van der Waals surface area contributed by atoms with Crippen LogP contribution in [0.4, 0.5) is 0 Å². The molecule has 0 radical (unpaired) electrons. The van der Waals surface area contributed by atoms with Gasteiger partial charge >= 0.3 is 0 Å². The molecule has 1 fully saturated rings. The molecule has 29 heavy (non-hydrogen) atoms. The van der Waals surface area contributed by atoms with E-state index in [4.69, 9.17) is 5.26 Å². The number of fused-ring (bicyclic) bond motifs is 3. The smallest absolute Gasteiger partial charge is 0.179 e. The molecular weight excluding hydrogens is 388 g/mol. The number of hydrogen-bond donors (Lipinski definition) is 1. The molecular formula is C20H18N6O2S. The number of sulfone groups is 1. The summed E-state index contributed by atoms with van der Waals surface area (Å²) in [5, 5.41) is 17.7. The summed E-state index contributed by atoms with van der Waals surface area (Å²) in [5.74, 6) is 1.14. The molecule has 0 unspecified atom stereocenters. The highest BCUT2D eigenvalue weighted by Crippen LogP contribution is 2.39. The Balaban J connectivity index is 1.40. The minimum atomic E-state index is -3.45. The lowest BCUT2D eigenvalue weighted by Gasteiger charge is -2.12. The topological polar surface area (TPSA) is 117 Å². The van der Waals surface area contributed by atoms with Gasteiger partial charge in [0.25, 0.3) is 0 Å².